The van der Waals surface area contributed by atoms with Crippen molar-refractivity contribution in [1.82, 2.24) is 0 Å². The molecule has 1 aliphatic heterocycles. The lowest BCUT2D eigenvalue weighted by Gasteiger charge is -2.04. The van der Waals surface area contributed by atoms with E-state index >= 15 is 0 Å². The monoisotopic (exact) mass is 313 g/mol. The van der Waals surface area contributed by atoms with Gasteiger partial charge in [0.15, 0.2) is 6.04 Å². The molecule has 0 fully saturated rings. The molecule has 2 aromatic carbocycles. The molecule has 0 aliphatic carbocycles. The van der Waals surface area contributed by atoms with Gasteiger partial charge in [-0.1, -0.05) is 36.4 Å². The molecule has 3 rings (SSSR count). The summed E-state index contributed by atoms with van der Waals surface area (Å²) in [4.78, 5) is 15.9. The van der Waals surface area contributed by atoms with E-state index in [0.29, 0.717) is 5.75 Å². The Kier molecular flexibility index (Phi) is 4.15. The van der Waals surface area contributed by atoms with Crippen molar-refractivity contribution in [2.75, 3.05) is 12.9 Å². The van der Waals surface area contributed by atoms with Crippen molar-refractivity contribution in [2.24, 2.45) is 4.99 Å². The van der Waals surface area contributed by atoms with Crippen LogP contribution in [0.2, 0.25) is 0 Å². The summed E-state index contributed by atoms with van der Waals surface area (Å²) >= 11 is 1.57. The van der Waals surface area contributed by atoms with Crippen LogP contribution in [0.3, 0.4) is 0 Å². The zero-order chi connectivity index (χ0) is 15.5. The largest absolute Gasteiger partial charge is 0.508 e. The molecule has 1 heterocycles. The first-order chi connectivity index (χ1) is 10.7. The Morgan fingerprint density at radius 1 is 1.09 bits per heavy atom. The number of hydrogen-bond donors (Lipinski definition) is 1. The van der Waals surface area contributed by atoms with E-state index in [0.717, 1.165) is 21.7 Å². The second kappa shape index (κ2) is 6.23. The van der Waals surface area contributed by atoms with Crippen molar-refractivity contribution in [1.29, 1.82) is 0 Å². The van der Waals surface area contributed by atoms with E-state index in [-0.39, 0.29) is 11.7 Å². The van der Waals surface area contributed by atoms with E-state index in [1.807, 2.05) is 36.4 Å². The van der Waals surface area contributed by atoms with Crippen molar-refractivity contribution in [3.63, 3.8) is 0 Å². The average Bonchev–Trinajstić information content (AvgIpc) is 3.05. The fourth-order valence-corrected chi connectivity index (χ4v) is 3.28. The highest BCUT2D eigenvalue weighted by molar-refractivity contribution is 8.14. The molecule has 22 heavy (non-hydrogen) atoms. The summed E-state index contributed by atoms with van der Waals surface area (Å²) in [6, 6.07) is 14.7. The summed E-state index contributed by atoms with van der Waals surface area (Å²) in [7, 11) is 1.38. The van der Waals surface area contributed by atoms with Gasteiger partial charge in [-0.3, -0.25) is 4.99 Å². The maximum Gasteiger partial charge on any atom is 0.331 e. The quantitative estimate of drug-likeness (QED) is 0.885. The zero-order valence-corrected chi connectivity index (χ0v) is 12.8. The number of aliphatic imine (C=N–C) groups is 1. The molecule has 5 heteroatoms. The van der Waals surface area contributed by atoms with Gasteiger partial charge in [-0.25, -0.2) is 4.79 Å². The minimum absolute atomic E-state index is 0.255. The van der Waals surface area contributed by atoms with Crippen molar-refractivity contribution in [3.8, 4) is 16.9 Å². The molecule has 112 valence electrons. The van der Waals surface area contributed by atoms with Crippen LogP contribution in [0.4, 0.5) is 0 Å². The van der Waals surface area contributed by atoms with Crippen molar-refractivity contribution in [2.45, 2.75) is 6.04 Å². The first kappa shape index (κ1) is 14.7. The van der Waals surface area contributed by atoms with Gasteiger partial charge in [-0.15, -0.1) is 11.8 Å². The highest BCUT2D eigenvalue weighted by Crippen LogP contribution is 2.27. The van der Waals surface area contributed by atoms with E-state index in [2.05, 4.69) is 4.99 Å². The second-order valence-electron chi connectivity index (χ2n) is 4.91. The van der Waals surface area contributed by atoms with Crippen LogP contribution in [-0.4, -0.2) is 35.0 Å². The van der Waals surface area contributed by atoms with Crippen LogP contribution in [0.25, 0.3) is 11.1 Å². The van der Waals surface area contributed by atoms with Crippen LogP contribution in [0, 0.1) is 0 Å². The number of phenols is 1. The molecule has 1 N–H and O–H groups in total. The molecule has 0 radical (unpaired) electrons. The molecular weight excluding hydrogens is 298 g/mol. The molecule has 0 unspecified atom stereocenters. The van der Waals surface area contributed by atoms with Gasteiger partial charge < -0.3 is 9.84 Å². The van der Waals surface area contributed by atoms with Gasteiger partial charge >= 0.3 is 5.97 Å². The predicted octanol–water partition coefficient (Wildman–Crippen LogP) is 3.09. The van der Waals surface area contributed by atoms with Gasteiger partial charge in [0, 0.05) is 11.3 Å². The van der Waals surface area contributed by atoms with Crippen LogP contribution in [0.5, 0.6) is 5.75 Å². The van der Waals surface area contributed by atoms with E-state index < -0.39 is 6.04 Å². The molecule has 0 saturated heterocycles. The Labute approximate surface area is 132 Å². The number of benzene rings is 2. The zero-order valence-electron chi connectivity index (χ0n) is 12.0. The Morgan fingerprint density at radius 2 is 1.64 bits per heavy atom. The summed E-state index contributed by atoms with van der Waals surface area (Å²) in [5.41, 5.74) is 3.11. The molecule has 0 saturated carbocycles. The number of rotatable bonds is 3. The van der Waals surface area contributed by atoms with E-state index in [9.17, 15) is 9.90 Å². The number of methoxy groups -OCH3 is 1. The third-order valence-electron chi connectivity index (χ3n) is 3.46. The Balaban J connectivity index is 1.80. The minimum Gasteiger partial charge on any atom is -0.508 e. The predicted molar refractivity (Wildman–Crippen MR) is 88.3 cm³/mol. The fraction of sp³-hybridized carbons (Fsp3) is 0.176. The first-order valence-electron chi connectivity index (χ1n) is 6.85. The maximum atomic E-state index is 11.5. The summed E-state index contributed by atoms with van der Waals surface area (Å²) in [5, 5.41) is 10.2. The number of esters is 1. The van der Waals surface area contributed by atoms with Gasteiger partial charge in [0.05, 0.1) is 12.2 Å². The van der Waals surface area contributed by atoms with Crippen LogP contribution in [-0.2, 0) is 9.53 Å². The highest BCUT2D eigenvalue weighted by Gasteiger charge is 2.26. The first-order valence-corrected chi connectivity index (χ1v) is 7.84. The van der Waals surface area contributed by atoms with Gasteiger partial charge in [0.25, 0.3) is 0 Å². The Hall–Kier alpha value is -2.27. The Bertz CT molecular complexity index is 708. The summed E-state index contributed by atoms with van der Waals surface area (Å²) in [5.74, 6) is 0.594. The second-order valence-corrected chi connectivity index (χ2v) is 5.92. The third kappa shape index (κ3) is 2.99. The molecular formula is C17H15NO3S. The van der Waals surface area contributed by atoms with Gasteiger partial charge in [-0.05, 0) is 23.3 Å². The molecule has 4 nitrogen and oxygen atoms in total. The topological polar surface area (TPSA) is 58.9 Å². The number of carbonyl (C=O) groups is 1. The van der Waals surface area contributed by atoms with E-state index in [4.69, 9.17) is 4.74 Å². The number of phenolic OH excluding ortho intramolecular Hbond substituents is 1. The standard InChI is InChI=1S/C17H15NO3S/c1-21-17(20)15-10-22-16(18-15)13-4-2-11(3-5-13)12-6-8-14(19)9-7-12/h2-9,15,19H,10H2,1H3/t15-/m1/s1. The lowest BCUT2D eigenvalue weighted by molar-refractivity contribution is -0.141. The van der Waals surface area contributed by atoms with Gasteiger partial charge in [0.1, 0.15) is 5.75 Å². The number of nitrogens with zero attached hydrogens (tertiary/aromatic N) is 1. The maximum absolute atomic E-state index is 11.5. The molecule has 1 aliphatic rings. The SMILES string of the molecule is COC(=O)[C@H]1CSC(c2ccc(-c3ccc(O)cc3)cc2)=N1. The lowest BCUT2D eigenvalue weighted by atomic mass is 10.0. The highest BCUT2D eigenvalue weighted by atomic mass is 32.2. The lowest BCUT2D eigenvalue weighted by Crippen LogP contribution is -2.19. The summed E-state index contributed by atoms with van der Waals surface area (Å²) in [6.07, 6.45) is 0. The van der Waals surface area contributed by atoms with Crippen LogP contribution < -0.4 is 0 Å². The average molecular weight is 313 g/mol. The Morgan fingerprint density at radius 3 is 2.23 bits per heavy atom. The van der Waals surface area contributed by atoms with E-state index in [1.165, 1.54) is 7.11 Å². The van der Waals surface area contributed by atoms with E-state index in [1.54, 1.807) is 23.9 Å². The van der Waals surface area contributed by atoms with Gasteiger partial charge in [-0.2, -0.15) is 0 Å². The number of carbonyl (C=O) groups excluding carboxylic acids is 1. The minimum atomic E-state index is -0.401. The van der Waals surface area contributed by atoms with Crippen LogP contribution >= 0.6 is 11.8 Å². The molecule has 0 amide bonds. The molecule has 0 bridgehead atoms. The third-order valence-corrected chi connectivity index (χ3v) is 4.55. The number of thioether (sulfide) groups is 1. The number of ether oxygens (including phenoxy) is 1. The number of hydrogen-bond acceptors (Lipinski definition) is 5. The van der Waals surface area contributed by atoms with Crippen molar-refractivity contribution < 1.29 is 14.6 Å². The van der Waals surface area contributed by atoms with Crippen molar-refractivity contribution in [3.05, 3.63) is 54.1 Å². The fourth-order valence-electron chi connectivity index (χ4n) is 2.25. The number of aromatic hydroxyl groups is 1. The summed E-state index contributed by atoms with van der Waals surface area (Å²) < 4.78 is 4.73. The molecule has 0 spiro atoms. The van der Waals surface area contributed by atoms with Gasteiger partial charge in [0.2, 0.25) is 0 Å². The smallest absolute Gasteiger partial charge is 0.331 e. The molecule has 0 aromatic heterocycles. The molecule has 2 aromatic rings. The van der Waals surface area contributed by atoms with Crippen LogP contribution in [0.15, 0.2) is 53.5 Å². The normalized spacial score (nSPS) is 17.1. The van der Waals surface area contributed by atoms with Crippen molar-refractivity contribution >= 4 is 22.8 Å². The summed E-state index contributed by atoms with van der Waals surface area (Å²) in [6.45, 7) is 0. The van der Waals surface area contributed by atoms with Crippen LogP contribution in [0.1, 0.15) is 5.56 Å². The molecule has 1 atom stereocenters.